The van der Waals surface area contributed by atoms with Crippen molar-refractivity contribution < 1.29 is 23.8 Å². The van der Waals surface area contributed by atoms with Crippen molar-refractivity contribution in [1.29, 1.82) is 0 Å². The highest BCUT2D eigenvalue weighted by atomic mass is 28.4. The van der Waals surface area contributed by atoms with Crippen molar-refractivity contribution in [1.82, 2.24) is 0 Å². The molecular weight excluding hydrogens is 348 g/mol. The Morgan fingerprint density at radius 3 is 2.35 bits per heavy atom. The molecule has 5 nitrogen and oxygen atoms in total. The molecule has 146 valence electrons. The van der Waals surface area contributed by atoms with E-state index in [4.69, 9.17) is 13.9 Å². The largest absolute Gasteiger partial charge is 0.407 e. The van der Waals surface area contributed by atoms with E-state index in [0.29, 0.717) is 0 Å². The van der Waals surface area contributed by atoms with Gasteiger partial charge in [0.2, 0.25) is 0 Å². The number of carbonyl (C=O) groups is 1. The average molecular weight is 381 g/mol. The second-order valence-corrected chi connectivity index (χ2v) is 13.6. The van der Waals surface area contributed by atoms with Crippen molar-refractivity contribution in [2.24, 2.45) is 0 Å². The molecule has 1 aliphatic rings. The molecule has 26 heavy (non-hydrogen) atoms. The van der Waals surface area contributed by atoms with Gasteiger partial charge in [0.1, 0.15) is 12.7 Å². The van der Waals surface area contributed by atoms with Crippen molar-refractivity contribution in [3.8, 4) is 0 Å². The van der Waals surface area contributed by atoms with Gasteiger partial charge in [-0.2, -0.15) is 0 Å². The van der Waals surface area contributed by atoms with Gasteiger partial charge >= 0.3 is 0 Å². The van der Waals surface area contributed by atoms with Crippen molar-refractivity contribution in [2.45, 2.75) is 76.8 Å². The molecule has 1 aromatic carbocycles. The second kappa shape index (κ2) is 7.52. The standard InChI is InChI=1S/C20H32O5Si/c1-19(2,3)26(6,7)25-17(14-11-9-8-10-12-14)16(22)18-15(21)13-23-20(4,5)24-18/h8-12,16-18,22H,13H2,1-7H3/t16-,17+,18+/m0/s1. The Balaban J connectivity index is 2.36. The van der Waals surface area contributed by atoms with E-state index in [1.165, 1.54) is 0 Å². The lowest BCUT2D eigenvalue weighted by Gasteiger charge is -2.43. The number of aliphatic hydroxyl groups excluding tert-OH is 1. The van der Waals surface area contributed by atoms with Gasteiger partial charge in [-0.1, -0.05) is 51.1 Å². The second-order valence-electron chi connectivity index (χ2n) is 8.89. The minimum absolute atomic E-state index is 0.0282. The van der Waals surface area contributed by atoms with E-state index in [-0.39, 0.29) is 17.4 Å². The third-order valence-electron chi connectivity index (χ3n) is 5.27. The molecule has 3 atom stereocenters. The third-order valence-corrected chi connectivity index (χ3v) is 9.72. The van der Waals surface area contributed by atoms with Crippen LogP contribution in [0.25, 0.3) is 0 Å². The van der Waals surface area contributed by atoms with Crippen LogP contribution < -0.4 is 0 Å². The molecule has 0 radical (unpaired) electrons. The topological polar surface area (TPSA) is 65.0 Å². The summed E-state index contributed by atoms with van der Waals surface area (Å²) in [5.74, 6) is -1.19. The first kappa shape index (κ1) is 21.2. The van der Waals surface area contributed by atoms with Crippen LogP contribution in [-0.4, -0.2) is 43.8 Å². The molecule has 1 aliphatic heterocycles. The van der Waals surface area contributed by atoms with Gasteiger partial charge in [0.05, 0.1) is 6.10 Å². The van der Waals surface area contributed by atoms with E-state index in [0.717, 1.165) is 5.56 Å². The fraction of sp³-hybridized carbons (Fsp3) is 0.650. The molecule has 0 aromatic heterocycles. The van der Waals surface area contributed by atoms with Crippen LogP contribution in [0.5, 0.6) is 0 Å². The van der Waals surface area contributed by atoms with Gasteiger partial charge in [0.25, 0.3) is 0 Å². The van der Waals surface area contributed by atoms with Crippen LogP contribution >= 0.6 is 0 Å². The van der Waals surface area contributed by atoms with Crippen molar-refractivity contribution in [3.05, 3.63) is 35.9 Å². The van der Waals surface area contributed by atoms with Crippen LogP contribution in [0.4, 0.5) is 0 Å². The third kappa shape index (κ3) is 4.81. The number of Topliss-reactive ketones (excluding diaryl/α,β-unsaturated/α-hetero) is 1. The molecule has 0 aliphatic carbocycles. The fourth-order valence-corrected chi connectivity index (χ4v) is 3.89. The Bertz CT molecular complexity index is 621. The van der Waals surface area contributed by atoms with Gasteiger partial charge in [-0.25, -0.2) is 0 Å². The normalized spacial score (nSPS) is 23.5. The fourth-order valence-electron chi connectivity index (χ4n) is 2.62. The van der Waals surface area contributed by atoms with Crippen LogP contribution in [0, 0.1) is 0 Å². The van der Waals surface area contributed by atoms with Gasteiger partial charge in [-0.15, -0.1) is 0 Å². The van der Waals surface area contributed by atoms with Crippen LogP contribution in [0.1, 0.15) is 46.3 Å². The summed E-state index contributed by atoms with van der Waals surface area (Å²) in [5.41, 5.74) is 0.838. The number of rotatable bonds is 5. The Kier molecular flexibility index (Phi) is 6.15. The van der Waals surface area contributed by atoms with Crippen LogP contribution in [0.3, 0.4) is 0 Å². The number of carbonyl (C=O) groups excluding carboxylic acids is 1. The maximum atomic E-state index is 12.4. The zero-order valence-electron chi connectivity index (χ0n) is 16.9. The van der Waals surface area contributed by atoms with Crippen molar-refractivity contribution in [2.75, 3.05) is 6.61 Å². The first-order valence-corrected chi connectivity index (χ1v) is 12.0. The summed E-state index contributed by atoms with van der Waals surface area (Å²) in [6.45, 7) is 14.1. The quantitative estimate of drug-likeness (QED) is 0.787. The lowest BCUT2D eigenvalue weighted by atomic mass is 9.97. The number of hydrogen-bond donors (Lipinski definition) is 1. The monoisotopic (exact) mass is 380 g/mol. The summed E-state index contributed by atoms with van der Waals surface area (Å²) in [6, 6.07) is 9.55. The summed E-state index contributed by atoms with van der Waals surface area (Å²) in [5, 5.41) is 11.1. The molecule has 6 heteroatoms. The Morgan fingerprint density at radius 2 is 1.81 bits per heavy atom. The van der Waals surface area contributed by atoms with Gasteiger partial charge in [-0.3, -0.25) is 4.79 Å². The Hall–Kier alpha value is -1.05. The van der Waals surface area contributed by atoms with Crippen LogP contribution in [-0.2, 0) is 18.7 Å². The number of ketones is 1. The van der Waals surface area contributed by atoms with E-state index in [2.05, 4.69) is 33.9 Å². The van der Waals surface area contributed by atoms with E-state index >= 15 is 0 Å². The number of aliphatic hydroxyl groups is 1. The summed E-state index contributed by atoms with van der Waals surface area (Å²) >= 11 is 0. The lowest BCUT2D eigenvalue weighted by Crippen LogP contribution is -2.54. The molecule has 0 bridgehead atoms. The highest BCUT2D eigenvalue weighted by molar-refractivity contribution is 6.74. The number of ether oxygens (including phenoxy) is 2. The summed E-state index contributed by atoms with van der Waals surface area (Å²) < 4.78 is 17.7. The first-order valence-electron chi connectivity index (χ1n) is 9.09. The SMILES string of the molecule is CC1(C)OCC(=O)[C@H]([C@@H](O)[C@H](O[Si](C)(C)C(C)(C)C)c2ccccc2)O1. The van der Waals surface area contributed by atoms with E-state index in [1.54, 1.807) is 13.8 Å². The first-order chi connectivity index (χ1) is 11.8. The highest BCUT2D eigenvalue weighted by Crippen LogP contribution is 2.41. The van der Waals surface area contributed by atoms with Crippen molar-refractivity contribution in [3.63, 3.8) is 0 Å². The lowest BCUT2D eigenvalue weighted by molar-refractivity contribution is -0.276. The molecule has 0 unspecified atom stereocenters. The van der Waals surface area contributed by atoms with Gasteiger partial charge in [0.15, 0.2) is 26.0 Å². The van der Waals surface area contributed by atoms with E-state index < -0.39 is 32.4 Å². The molecule has 1 heterocycles. The van der Waals surface area contributed by atoms with Gasteiger partial charge in [0, 0.05) is 0 Å². The molecule has 1 aromatic rings. The molecule has 0 saturated carbocycles. The maximum Gasteiger partial charge on any atom is 0.193 e. The Labute approximate surface area is 157 Å². The minimum atomic E-state index is -2.19. The average Bonchev–Trinajstić information content (AvgIpc) is 2.54. The Morgan fingerprint density at radius 1 is 1.23 bits per heavy atom. The number of benzene rings is 1. The minimum Gasteiger partial charge on any atom is -0.407 e. The molecule has 0 amide bonds. The van der Waals surface area contributed by atoms with E-state index in [9.17, 15) is 9.90 Å². The van der Waals surface area contributed by atoms with Crippen LogP contribution in [0.2, 0.25) is 18.1 Å². The number of hydrogen-bond acceptors (Lipinski definition) is 5. The molecule has 1 N–H and O–H groups in total. The predicted octanol–water partition coefficient (Wildman–Crippen LogP) is 3.83. The summed E-state index contributed by atoms with van der Waals surface area (Å²) in [6.07, 6.45) is -2.73. The molecule has 0 spiro atoms. The molecule has 1 saturated heterocycles. The zero-order valence-corrected chi connectivity index (χ0v) is 17.9. The zero-order chi connectivity index (χ0) is 19.8. The summed E-state index contributed by atoms with van der Waals surface area (Å²) in [4.78, 5) is 12.4. The van der Waals surface area contributed by atoms with E-state index in [1.807, 2.05) is 30.3 Å². The summed E-state index contributed by atoms with van der Waals surface area (Å²) in [7, 11) is -2.19. The van der Waals surface area contributed by atoms with Crippen molar-refractivity contribution >= 4 is 14.1 Å². The van der Waals surface area contributed by atoms with Gasteiger partial charge < -0.3 is 19.0 Å². The highest BCUT2D eigenvalue weighted by Gasteiger charge is 2.46. The predicted molar refractivity (Wildman–Crippen MR) is 103 cm³/mol. The molecule has 2 rings (SSSR count). The smallest absolute Gasteiger partial charge is 0.193 e. The maximum absolute atomic E-state index is 12.4. The van der Waals surface area contributed by atoms with Crippen LogP contribution in [0.15, 0.2) is 30.3 Å². The van der Waals surface area contributed by atoms with Gasteiger partial charge in [-0.05, 0) is 37.5 Å². The molecule has 1 fully saturated rings. The molecular formula is C20H32O5Si.